The van der Waals surface area contributed by atoms with Gasteiger partial charge in [-0.3, -0.25) is 9.69 Å². The minimum atomic E-state index is -4.78. The van der Waals surface area contributed by atoms with E-state index in [-0.39, 0.29) is 23.3 Å². The number of carbonyl (C=O) groups excluding carboxylic acids is 1. The summed E-state index contributed by atoms with van der Waals surface area (Å²) in [5.74, 6) is -0.367. The van der Waals surface area contributed by atoms with E-state index in [1.165, 1.54) is 30.5 Å². The molecule has 0 aliphatic carbocycles. The number of hydrogen-bond acceptors (Lipinski definition) is 8. The van der Waals surface area contributed by atoms with Gasteiger partial charge in [0.2, 0.25) is 5.95 Å². The third-order valence-corrected chi connectivity index (χ3v) is 6.64. The fourth-order valence-electron chi connectivity index (χ4n) is 4.45. The number of nitrogens with one attached hydrogen (secondary N) is 2. The van der Waals surface area contributed by atoms with E-state index in [4.69, 9.17) is 10.5 Å². The minimum Gasteiger partial charge on any atom is -0.406 e. The molecule has 2 heterocycles. The molecule has 218 valence electrons. The van der Waals surface area contributed by atoms with Crippen LogP contribution in [0.5, 0.6) is 5.75 Å². The first-order chi connectivity index (χ1) is 20.1. The topological polar surface area (TPSA) is 115 Å². The number of rotatable bonds is 8. The van der Waals surface area contributed by atoms with Gasteiger partial charge >= 0.3 is 6.36 Å². The van der Waals surface area contributed by atoms with E-state index in [0.29, 0.717) is 22.5 Å². The largest absolute Gasteiger partial charge is 0.573 e. The second-order valence-electron chi connectivity index (χ2n) is 9.76. The zero-order valence-corrected chi connectivity index (χ0v) is 22.7. The molecule has 1 saturated heterocycles. The van der Waals surface area contributed by atoms with Crippen LogP contribution >= 0.6 is 0 Å². The lowest BCUT2D eigenvalue weighted by Gasteiger charge is -2.26. The van der Waals surface area contributed by atoms with Crippen molar-refractivity contribution in [2.75, 3.05) is 42.7 Å². The molecule has 3 aromatic carbocycles. The summed E-state index contributed by atoms with van der Waals surface area (Å²) in [7, 11) is 0. The molecule has 4 aromatic rings. The normalized spacial score (nSPS) is 13.9. The van der Waals surface area contributed by atoms with Crippen LogP contribution in [0, 0.1) is 6.92 Å². The van der Waals surface area contributed by atoms with Gasteiger partial charge in [0, 0.05) is 42.1 Å². The van der Waals surface area contributed by atoms with Gasteiger partial charge in [0.1, 0.15) is 5.75 Å². The Morgan fingerprint density at radius 3 is 2.45 bits per heavy atom. The molecule has 0 atom stereocenters. The van der Waals surface area contributed by atoms with Gasteiger partial charge in [-0.1, -0.05) is 12.1 Å². The van der Waals surface area contributed by atoms with E-state index in [0.717, 1.165) is 49.7 Å². The van der Waals surface area contributed by atoms with Crippen LogP contribution in [-0.2, 0) is 11.3 Å². The smallest absolute Gasteiger partial charge is 0.406 e. The average Bonchev–Trinajstić information content (AvgIpc) is 2.96. The molecular weight excluding hydrogens is 549 g/mol. The number of nitrogens with two attached hydrogens (primary N) is 1. The summed E-state index contributed by atoms with van der Waals surface area (Å²) in [5, 5.41) is 6.07. The molecule has 4 N–H and O–H groups in total. The van der Waals surface area contributed by atoms with E-state index in [2.05, 4.69) is 36.3 Å². The molecule has 1 amide bonds. The van der Waals surface area contributed by atoms with Crippen molar-refractivity contribution < 1.29 is 27.4 Å². The van der Waals surface area contributed by atoms with E-state index < -0.39 is 6.36 Å². The first-order valence-corrected chi connectivity index (χ1v) is 13.2. The molecule has 9 nitrogen and oxygen atoms in total. The zero-order valence-electron chi connectivity index (χ0n) is 22.7. The molecule has 0 spiro atoms. The molecule has 0 saturated carbocycles. The van der Waals surface area contributed by atoms with Crippen LogP contribution in [-0.4, -0.2) is 53.4 Å². The van der Waals surface area contributed by atoms with E-state index >= 15 is 0 Å². The lowest BCUT2D eigenvalue weighted by Crippen LogP contribution is -2.35. The maximum Gasteiger partial charge on any atom is 0.573 e. The maximum atomic E-state index is 13.0. The Balaban J connectivity index is 1.23. The predicted molar refractivity (Wildman–Crippen MR) is 154 cm³/mol. The highest BCUT2D eigenvalue weighted by Crippen LogP contribution is 2.29. The molecule has 1 aromatic heterocycles. The number of nitrogen functional groups attached to an aromatic ring is 1. The highest BCUT2D eigenvalue weighted by molar-refractivity contribution is 6.04. The Morgan fingerprint density at radius 1 is 1.05 bits per heavy atom. The van der Waals surface area contributed by atoms with Crippen molar-refractivity contribution in [2.24, 2.45) is 0 Å². The fourth-order valence-corrected chi connectivity index (χ4v) is 4.45. The minimum absolute atomic E-state index is 0.222. The number of aryl methyl sites for hydroxylation is 1. The molecule has 1 aliphatic heterocycles. The highest BCUT2D eigenvalue weighted by Gasteiger charge is 2.31. The van der Waals surface area contributed by atoms with Crippen LogP contribution in [0.3, 0.4) is 0 Å². The number of aromatic nitrogens is 2. The molecule has 42 heavy (non-hydrogen) atoms. The monoisotopic (exact) mass is 578 g/mol. The van der Waals surface area contributed by atoms with Crippen molar-refractivity contribution in [3.8, 4) is 17.0 Å². The maximum absolute atomic E-state index is 13.0. The second-order valence-corrected chi connectivity index (χ2v) is 9.76. The lowest BCUT2D eigenvalue weighted by atomic mass is 10.1. The lowest BCUT2D eigenvalue weighted by molar-refractivity contribution is -0.274. The van der Waals surface area contributed by atoms with Crippen molar-refractivity contribution in [3.05, 3.63) is 89.6 Å². The quantitative estimate of drug-likeness (QED) is 0.242. The zero-order chi connectivity index (χ0) is 29.7. The number of benzene rings is 3. The summed E-state index contributed by atoms with van der Waals surface area (Å²) in [4.78, 5) is 23.9. The summed E-state index contributed by atoms with van der Waals surface area (Å²) >= 11 is 0. The van der Waals surface area contributed by atoms with Gasteiger partial charge < -0.3 is 25.8 Å². The van der Waals surface area contributed by atoms with Crippen LogP contribution in [0.1, 0.15) is 21.5 Å². The van der Waals surface area contributed by atoms with E-state index in [1.54, 1.807) is 24.3 Å². The predicted octanol–water partition coefficient (Wildman–Crippen LogP) is 5.76. The van der Waals surface area contributed by atoms with E-state index in [9.17, 15) is 18.0 Å². The third-order valence-electron chi connectivity index (χ3n) is 6.64. The average molecular weight is 579 g/mol. The van der Waals surface area contributed by atoms with Crippen molar-refractivity contribution in [1.82, 2.24) is 14.9 Å². The Labute approximate surface area is 240 Å². The molecule has 1 fully saturated rings. The van der Waals surface area contributed by atoms with E-state index in [1.807, 2.05) is 19.1 Å². The number of halogens is 3. The number of carbonyl (C=O) groups is 1. The molecule has 5 rings (SSSR count). The van der Waals surface area contributed by atoms with Crippen molar-refractivity contribution in [2.45, 2.75) is 19.8 Å². The van der Waals surface area contributed by atoms with Gasteiger partial charge in [-0.2, -0.15) is 0 Å². The molecule has 1 aliphatic rings. The van der Waals surface area contributed by atoms with Crippen LogP contribution < -0.4 is 21.1 Å². The van der Waals surface area contributed by atoms with Crippen molar-refractivity contribution in [3.63, 3.8) is 0 Å². The summed E-state index contributed by atoms with van der Waals surface area (Å²) in [6.45, 7) is 5.96. The molecule has 0 unspecified atom stereocenters. The Hall–Kier alpha value is -4.68. The van der Waals surface area contributed by atoms with Crippen LogP contribution in [0.25, 0.3) is 11.3 Å². The Bertz CT molecular complexity index is 1540. The summed E-state index contributed by atoms with van der Waals surface area (Å²) in [5.41, 5.74) is 11.0. The summed E-state index contributed by atoms with van der Waals surface area (Å²) < 4.78 is 46.7. The van der Waals surface area contributed by atoms with Crippen molar-refractivity contribution >= 4 is 28.9 Å². The van der Waals surface area contributed by atoms with Crippen LogP contribution in [0.2, 0.25) is 0 Å². The number of hydrogen-bond donors (Lipinski definition) is 3. The molecule has 12 heteroatoms. The number of alkyl halides is 3. The Morgan fingerprint density at radius 2 is 1.76 bits per heavy atom. The number of anilines is 4. The molecular formula is C30H29F3N6O3. The van der Waals surface area contributed by atoms with Gasteiger partial charge in [0.25, 0.3) is 5.91 Å². The number of ether oxygens (including phenoxy) is 2. The first-order valence-electron chi connectivity index (χ1n) is 13.2. The van der Waals surface area contributed by atoms with Crippen molar-refractivity contribution in [1.29, 1.82) is 0 Å². The third kappa shape index (κ3) is 7.53. The second kappa shape index (κ2) is 12.5. The fraction of sp³-hybridized carbons (Fsp3) is 0.233. The molecule has 0 bridgehead atoms. The SMILES string of the molecule is Cc1ccc(CN2CCOCC2)cc1NC(=O)c1ccc(Nc2ncc(N)c(-c3ccc(OC(F)(F)F)cc3)n2)cc1. The number of nitrogens with zero attached hydrogens (tertiary/aromatic N) is 3. The molecule has 0 radical (unpaired) electrons. The van der Waals surface area contributed by atoms with Crippen LogP contribution in [0.15, 0.2) is 72.9 Å². The van der Waals surface area contributed by atoms with Gasteiger partial charge in [0.15, 0.2) is 0 Å². The Kier molecular flexibility index (Phi) is 8.55. The van der Waals surface area contributed by atoms with Crippen LogP contribution in [0.4, 0.5) is 36.2 Å². The van der Waals surface area contributed by atoms with Gasteiger partial charge in [-0.25, -0.2) is 9.97 Å². The highest BCUT2D eigenvalue weighted by atomic mass is 19.4. The van der Waals surface area contributed by atoms with Gasteiger partial charge in [0.05, 0.1) is 30.8 Å². The summed E-state index contributed by atoms with van der Waals surface area (Å²) in [6.07, 6.45) is -3.38. The number of amides is 1. The number of morpholine rings is 1. The van der Waals surface area contributed by atoms with Gasteiger partial charge in [-0.05, 0) is 72.6 Å². The first kappa shape index (κ1) is 28.8. The standard InChI is InChI=1S/C30H29F3N6O3/c1-19-2-3-20(18-39-12-14-41-15-13-39)16-26(19)37-28(40)22-4-8-23(9-5-22)36-29-35-17-25(34)27(38-29)21-6-10-24(11-7-21)42-30(31,32)33/h2-11,16-17H,12-15,18,34H2,1H3,(H,37,40)(H,35,36,38). The van der Waals surface area contributed by atoms with Gasteiger partial charge in [-0.15, -0.1) is 13.2 Å². The summed E-state index contributed by atoms with van der Waals surface area (Å²) in [6, 6.07) is 18.1.